The third-order valence-corrected chi connectivity index (χ3v) is 3.14. The largest absolute Gasteiger partial charge is 0.487 e. The van der Waals surface area contributed by atoms with Gasteiger partial charge in [0.05, 0.1) is 11.8 Å². The van der Waals surface area contributed by atoms with Crippen molar-refractivity contribution in [3.8, 4) is 5.75 Å². The summed E-state index contributed by atoms with van der Waals surface area (Å²) in [5.41, 5.74) is 2.99. The lowest BCUT2D eigenvalue weighted by Gasteiger charge is -2.10. The number of nitrogens with zero attached hydrogens (tertiary/aromatic N) is 1. The molecule has 0 saturated carbocycles. The molecule has 1 N–H and O–H groups in total. The number of aryl methyl sites for hydroxylation is 1. The van der Waals surface area contributed by atoms with Crippen molar-refractivity contribution < 1.29 is 9.84 Å². The summed E-state index contributed by atoms with van der Waals surface area (Å²) in [7, 11) is 0. The van der Waals surface area contributed by atoms with Gasteiger partial charge in [-0.2, -0.15) is 0 Å². The van der Waals surface area contributed by atoms with E-state index in [0.29, 0.717) is 13.0 Å². The molecule has 0 aliphatic carbocycles. The van der Waals surface area contributed by atoms with Crippen LogP contribution in [-0.2, 0) is 6.61 Å². The van der Waals surface area contributed by atoms with E-state index in [1.54, 1.807) is 6.20 Å². The van der Waals surface area contributed by atoms with Crippen molar-refractivity contribution in [3.63, 3.8) is 0 Å². The predicted molar refractivity (Wildman–Crippen MR) is 75.0 cm³/mol. The van der Waals surface area contributed by atoms with Crippen LogP contribution in [0.3, 0.4) is 0 Å². The van der Waals surface area contributed by atoms with Gasteiger partial charge in [0.2, 0.25) is 0 Å². The molecule has 0 fully saturated rings. The van der Waals surface area contributed by atoms with Gasteiger partial charge in [-0.05, 0) is 42.7 Å². The van der Waals surface area contributed by atoms with Crippen LogP contribution in [-0.4, -0.2) is 10.1 Å². The number of aliphatic hydroxyl groups is 1. The fraction of sp³-hybridized carbons (Fsp3) is 0.312. The van der Waals surface area contributed by atoms with E-state index < -0.39 is 6.10 Å². The molecule has 0 saturated heterocycles. The summed E-state index contributed by atoms with van der Waals surface area (Å²) in [6.07, 6.45) is 2.09. The number of ether oxygens (including phenoxy) is 1. The van der Waals surface area contributed by atoms with Gasteiger partial charge in [0.15, 0.2) is 0 Å². The smallest absolute Gasteiger partial charge is 0.130 e. The maximum atomic E-state index is 9.71. The van der Waals surface area contributed by atoms with Gasteiger partial charge >= 0.3 is 0 Å². The van der Waals surface area contributed by atoms with Crippen molar-refractivity contribution in [2.24, 2.45) is 0 Å². The van der Waals surface area contributed by atoms with Gasteiger partial charge in [0.25, 0.3) is 0 Å². The highest BCUT2D eigenvalue weighted by molar-refractivity contribution is 5.29. The molecule has 1 atom stereocenters. The normalized spacial score (nSPS) is 12.2. The van der Waals surface area contributed by atoms with Gasteiger partial charge in [0.1, 0.15) is 12.4 Å². The molecule has 0 aliphatic rings. The summed E-state index contributed by atoms with van der Waals surface area (Å²) in [6, 6.07) is 11.5. The number of pyridine rings is 1. The van der Waals surface area contributed by atoms with Crippen molar-refractivity contribution in [2.45, 2.75) is 33.0 Å². The fourth-order valence-corrected chi connectivity index (χ4v) is 1.84. The zero-order valence-corrected chi connectivity index (χ0v) is 11.3. The molecule has 1 heterocycles. The number of hydrogen-bond acceptors (Lipinski definition) is 3. The Balaban J connectivity index is 1.99. The first-order valence-corrected chi connectivity index (χ1v) is 6.52. The molecule has 2 rings (SSSR count). The number of benzene rings is 1. The van der Waals surface area contributed by atoms with Gasteiger partial charge in [-0.25, -0.2) is 0 Å². The Hall–Kier alpha value is -1.87. The third-order valence-electron chi connectivity index (χ3n) is 3.14. The first-order valence-electron chi connectivity index (χ1n) is 6.52. The van der Waals surface area contributed by atoms with Crippen LogP contribution < -0.4 is 4.74 Å². The second-order valence-corrected chi connectivity index (χ2v) is 4.55. The number of rotatable bonds is 5. The van der Waals surface area contributed by atoms with E-state index in [1.807, 2.05) is 50.2 Å². The van der Waals surface area contributed by atoms with E-state index in [0.717, 1.165) is 22.6 Å². The molecule has 1 aromatic carbocycles. The molecule has 0 bridgehead atoms. The molecule has 2 aromatic rings. The molecule has 0 amide bonds. The number of aliphatic hydroxyl groups excluding tert-OH is 1. The molecule has 3 nitrogen and oxygen atoms in total. The fourth-order valence-electron chi connectivity index (χ4n) is 1.84. The zero-order chi connectivity index (χ0) is 13.7. The van der Waals surface area contributed by atoms with Crippen LogP contribution in [0.15, 0.2) is 42.6 Å². The zero-order valence-electron chi connectivity index (χ0n) is 11.3. The molecule has 3 heteroatoms. The van der Waals surface area contributed by atoms with Crippen LogP contribution in [0.4, 0.5) is 0 Å². The van der Waals surface area contributed by atoms with Crippen molar-refractivity contribution in [1.29, 1.82) is 0 Å². The number of hydrogen-bond donors (Lipinski definition) is 1. The second-order valence-electron chi connectivity index (χ2n) is 4.55. The molecule has 100 valence electrons. The molecule has 1 unspecified atom stereocenters. The van der Waals surface area contributed by atoms with E-state index in [9.17, 15) is 5.11 Å². The molecule has 1 aromatic heterocycles. The van der Waals surface area contributed by atoms with Gasteiger partial charge in [-0.1, -0.05) is 25.1 Å². The lowest BCUT2D eigenvalue weighted by atomic mass is 10.1. The minimum absolute atomic E-state index is 0.396. The first kappa shape index (κ1) is 13.6. The minimum Gasteiger partial charge on any atom is -0.487 e. The SMILES string of the molecule is CCC(O)c1ccc(OCc2ncccc2C)cc1. The van der Waals surface area contributed by atoms with Gasteiger partial charge in [-0.3, -0.25) is 4.98 Å². The molecule has 0 spiro atoms. The highest BCUT2D eigenvalue weighted by Crippen LogP contribution is 2.20. The highest BCUT2D eigenvalue weighted by Gasteiger charge is 2.05. The van der Waals surface area contributed by atoms with Crippen LogP contribution in [0, 0.1) is 6.92 Å². The van der Waals surface area contributed by atoms with Crippen LogP contribution in [0.5, 0.6) is 5.75 Å². The average molecular weight is 257 g/mol. The Bertz CT molecular complexity index is 523. The summed E-state index contributed by atoms with van der Waals surface area (Å²) < 4.78 is 5.70. The Morgan fingerprint density at radius 1 is 1.21 bits per heavy atom. The van der Waals surface area contributed by atoms with E-state index in [2.05, 4.69) is 4.98 Å². The summed E-state index contributed by atoms with van der Waals surface area (Å²) in [5.74, 6) is 0.789. The standard InChI is InChI=1S/C16H19NO2/c1-3-16(18)13-6-8-14(9-7-13)19-11-15-12(2)5-4-10-17-15/h4-10,16,18H,3,11H2,1-2H3. The Morgan fingerprint density at radius 2 is 1.95 bits per heavy atom. The quantitative estimate of drug-likeness (QED) is 0.892. The molecule has 0 aliphatic heterocycles. The lowest BCUT2D eigenvalue weighted by Crippen LogP contribution is -2.01. The molecular formula is C16H19NO2. The minimum atomic E-state index is -0.396. The van der Waals surface area contributed by atoms with Crippen LogP contribution in [0.25, 0.3) is 0 Å². The van der Waals surface area contributed by atoms with Crippen molar-refractivity contribution in [3.05, 3.63) is 59.4 Å². The van der Waals surface area contributed by atoms with Crippen LogP contribution in [0.2, 0.25) is 0 Å². The highest BCUT2D eigenvalue weighted by atomic mass is 16.5. The topological polar surface area (TPSA) is 42.4 Å². The predicted octanol–water partition coefficient (Wildman–Crippen LogP) is 3.41. The summed E-state index contributed by atoms with van der Waals surface area (Å²) in [6.45, 7) is 4.44. The van der Waals surface area contributed by atoms with E-state index >= 15 is 0 Å². The third kappa shape index (κ3) is 3.55. The van der Waals surface area contributed by atoms with Crippen molar-refractivity contribution >= 4 is 0 Å². The summed E-state index contributed by atoms with van der Waals surface area (Å²) in [4.78, 5) is 4.29. The van der Waals surface area contributed by atoms with Crippen LogP contribution in [0.1, 0.15) is 36.3 Å². The maximum absolute atomic E-state index is 9.71. The van der Waals surface area contributed by atoms with Crippen LogP contribution >= 0.6 is 0 Å². The summed E-state index contributed by atoms with van der Waals surface area (Å²) >= 11 is 0. The maximum Gasteiger partial charge on any atom is 0.130 e. The average Bonchev–Trinajstić information content (AvgIpc) is 2.46. The van der Waals surface area contributed by atoms with Crippen molar-refractivity contribution in [2.75, 3.05) is 0 Å². The van der Waals surface area contributed by atoms with Crippen molar-refractivity contribution in [1.82, 2.24) is 4.98 Å². The molecular weight excluding hydrogens is 238 g/mol. The Morgan fingerprint density at radius 3 is 2.58 bits per heavy atom. The Kier molecular flexibility index (Phi) is 4.53. The second kappa shape index (κ2) is 6.34. The van der Waals surface area contributed by atoms with Gasteiger partial charge < -0.3 is 9.84 Å². The monoisotopic (exact) mass is 257 g/mol. The van der Waals surface area contributed by atoms with Gasteiger partial charge in [0, 0.05) is 6.20 Å². The van der Waals surface area contributed by atoms with E-state index in [1.165, 1.54) is 0 Å². The summed E-state index contributed by atoms with van der Waals surface area (Å²) in [5, 5.41) is 9.71. The van der Waals surface area contributed by atoms with E-state index in [4.69, 9.17) is 4.74 Å². The first-order chi connectivity index (χ1) is 9.20. The lowest BCUT2D eigenvalue weighted by molar-refractivity contribution is 0.173. The van der Waals surface area contributed by atoms with E-state index in [-0.39, 0.29) is 0 Å². The van der Waals surface area contributed by atoms with Gasteiger partial charge in [-0.15, -0.1) is 0 Å². The Labute approximate surface area is 113 Å². The molecule has 0 radical (unpaired) electrons. The molecule has 19 heavy (non-hydrogen) atoms. The number of aromatic nitrogens is 1.